The summed E-state index contributed by atoms with van der Waals surface area (Å²) in [6.07, 6.45) is 0.252. The Balaban J connectivity index is 2.00. The molecule has 0 saturated heterocycles. The molecule has 1 aromatic carbocycles. The molecule has 0 saturated carbocycles. The Morgan fingerprint density at radius 2 is 2.05 bits per heavy atom. The average molecular weight is 283 g/mol. The lowest BCUT2D eigenvalue weighted by Gasteiger charge is -2.14. The van der Waals surface area contributed by atoms with Gasteiger partial charge in [0.25, 0.3) is 0 Å². The van der Waals surface area contributed by atoms with Crippen LogP contribution in [0.3, 0.4) is 0 Å². The van der Waals surface area contributed by atoms with Crippen molar-refractivity contribution in [3.63, 3.8) is 0 Å². The molecule has 5 nitrogen and oxygen atoms in total. The van der Waals surface area contributed by atoms with E-state index in [0.717, 1.165) is 16.8 Å². The molecule has 2 rings (SSSR count). The van der Waals surface area contributed by atoms with Crippen molar-refractivity contribution in [2.45, 2.75) is 33.2 Å². The number of aryl methyl sites for hydroxylation is 2. The summed E-state index contributed by atoms with van der Waals surface area (Å²) in [7, 11) is 0. The molecular weight excluding hydrogens is 266 g/mol. The fourth-order valence-corrected chi connectivity index (χ4v) is 2.14. The van der Waals surface area contributed by atoms with Crippen molar-refractivity contribution in [3.05, 3.63) is 52.4 Å². The number of nitriles is 1. The molecule has 1 N–H and O–H groups in total. The van der Waals surface area contributed by atoms with E-state index in [2.05, 4.69) is 16.5 Å². The number of hydrogen-bond donors (Lipinski definition) is 1. The van der Waals surface area contributed by atoms with Gasteiger partial charge in [0.05, 0.1) is 29.8 Å². The molecule has 0 bridgehead atoms. The summed E-state index contributed by atoms with van der Waals surface area (Å²) in [5.41, 5.74) is 3.14. The van der Waals surface area contributed by atoms with Crippen LogP contribution in [-0.4, -0.2) is 11.1 Å². The number of carbonyl (C=O) groups is 1. The predicted octanol–water partition coefficient (Wildman–Crippen LogP) is 2.58. The lowest BCUT2D eigenvalue weighted by Crippen LogP contribution is -2.28. The second-order valence-corrected chi connectivity index (χ2v) is 5.00. The molecule has 1 aromatic heterocycles. The molecule has 108 valence electrons. The van der Waals surface area contributed by atoms with Crippen LogP contribution in [0, 0.1) is 25.2 Å². The van der Waals surface area contributed by atoms with Crippen LogP contribution >= 0.6 is 0 Å². The number of rotatable bonds is 4. The SMILES string of the molecule is Cc1noc(C)c1CC(=O)NC(C)c1ccc(C#N)cc1. The molecule has 1 heterocycles. The molecule has 1 amide bonds. The number of nitrogens with one attached hydrogen (secondary N) is 1. The Labute approximate surface area is 123 Å². The summed E-state index contributed by atoms with van der Waals surface area (Å²) in [6, 6.07) is 9.13. The van der Waals surface area contributed by atoms with Crippen LogP contribution in [0.4, 0.5) is 0 Å². The molecule has 0 aliphatic heterocycles. The van der Waals surface area contributed by atoms with E-state index >= 15 is 0 Å². The predicted molar refractivity (Wildman–Crippen MR) is 77.4 cm³/mol. The maximum Gasteiger partial charge on any atom is 0.225 e. The summed E-state index contributed by atoms with van der Waals surface area (Å²) in [5.74, 6) is 0.593. The number of aromatic nitrogens is 1. The lowest BCUT2D eigenvalue weighted by molar-refractivity contribution is -0.121. The molecule has 0 aliphatic rings. The van der Waals surface area contributed by atoms with E-state index < -0.39 is 0 Å². The molecule has 5 heteroatoms. The Morgan fingerprint density at radius 3 is 2.57 bits per heavy atom. The summed E-state index contributed by atoms with van der Waals surface area (Å²) < 4.78 is 5.05. The number of amides is 1. The lowest BCUT2D eigenvalue weighted by atomic mass is 10.1. The molecule has 0 radical (unpaired) electrons. The fraction of sp³-hybridized carbons (Fsp3) is 0.312. The summed E-state index contributed by atoms with van der Waals surface area (Å²) in [4.78, 5) is 12.1. The van der Waals surface area contributed by atoms with Gasteiger partial charge in [0.1, 0.15) is 5.76 Å². The molecule has 21 heavy (non-hydrogen) atoms. The van der Waals surface area contributed by atoms with Gasteiger partial charge in [0.2, 0.25) is 5.91 Å². The second kappa shape index (κ2) is 6.23. The number of hydrogen-bond acceptors (Lipinski definition) is 4. The first-order chi connectivity index (χ1) is 10.0. The van der Waals surface area contributed by atoms with Crippen molar-refractivity contribution in [1.82, 2.24) is 10.5 Å². The van der Waals surface area contributed by atoms with Crippen LogP contribution in [0.1, 0.15) is 41.1 Å². The van der Waals surface area contributed by atoms with Crippen molar-refractivity contribution in [2.75, 3.05) is 0 Å². The normalized spacial score (nSPS) is 11.7. The third-order valence-electron chi connectivity index (χ3n) is 3.44. The summed E-state index contributed by atoms with van der Waals surface area (Å²) in [6.45, 7) is 5.53. The van der Waals surface area contributed by atoms with Crippen LogP contribution in [-0.2, 0) is 11.2 Å². The van der Waals surface area contributed by atoms with Crippen molar-refractivity contribution < 1.29 is 9.32 Å². The van der Waals surface area contributed by atoms with Crippen molar-refractivity contribution >= 4 is 5.91 Å². The maximum atomic E-state index is 12.1. The quantitative estimate of drug-likeness (QED) is 0.935. The fourth-order valence-electron chi connectivity index (χ4n) is 2.14. The smallest absolute Gasteiger partial charge is 0.225 e. The van der Waals surface area contributed by atoms with Gasteiger partial charge in [-0.3, -0.25) is 4.79 Å². The van der Waals surface area contributed by atoms with Gasteiger partial charge in [-0.2, -0.15) is 5.26 Å². The first-order valence-corrected chi connectivity index (χ1v) is 6.72. The van der Waals surface area contributed by atoms with Gasteiger partial charge in [-0.25, -0.2) is 0 Å². The minimum absolute atomic E-state index is 0.0822. The van der Waals surface area contributed by atoms with E-state index in [1.165, 1.54) is 0 Å². The first kappa shape index (κ1) is 14.8. The van der Waals surface area contributed by atoms with Crippen molar-refractivity contribution in [2.24, 2.45) is 0 Å². The van der Waals surface area contributed by atoms with Crippen LogP contribution in [0.15, 0.2) is 28.8 Å². The highest BCUT2D eigenvalue weighted by atomic mass is 16.5. The van der Waals surface area contributed by atoms with E-state index in [1.54, 1.807) is 19.1 Å². The van der Waals surface area contributed by atoms with Gasteiger partial charge in [0, 0.05) is 5.56 Å². The van der Waals surface area contributed by atoms with Crippen LogP contribution < -0.4 is 5.32 Å². The van der Waals surface area contributed by atoms with Crippen molar-refractivity contribution in [3.8, 4) is 6.07 Å². The van der Waals surface area contributed by atoms with E-state index in [4.69, 9.17) is 9.78 Å². The molecule has 0 fully saturated rings. The van der Waals surface area contributed by atoms with E-state index in [0.29, 0.717) is 11.3 Å². The number of carbonyl (C=O) groups excluding carboxylic acids is 1. The van der Waals surface area contributed by atoms with E-state index in [9.17, 15) is 4.79 Å². The van der Waals surface area contributed by atoms with E-state index in [1.807, 2.05) is 26.0 Å². The van der Waals surface area contributed by atoms with Gasteiger partial charge in [-0.15, -0.1) is 0 Å². The third-order valence-corrected chi connectivity index (χ3v) is 3.44. The molecular formula is C16H17N3O2. The van der Waals surface area contributed by atoms with Crippen LogP contribution in [0.2, 0.25) is 0 Å². The topological polar surface area (TPSA) is 78.9 Å². The molecule has 0 aliphatic carbocycles. The second-order valence-electron chi connectivity index (χ2n) is 5.00. The standard InChI is InChI=1S/C16H17N3O2/c1-10(14-6-4-13(9-17)5-7-14)18-16(20)8-15-11(2)19-21-12(15)3/h4-7,10H,8H2,1-3H3,(H,18,20). The summed E-state index contributed by atoms with van der Waals surface area (Å²) in [5, 5.41) is 15.5. The van der Waals surface area contributed by atoms with Crippen LogP contribution in [0.5, 0.6) is 0 Å². The Kier molecular flexibility index (Phi) is 4.39. The highest BCUT2D eigenvalue weighted by molar-refractivity contribution is 5.79. The third kappa shape index (κ3) is 3.48. The zero-order chi connectivity index (χ0) is 15.4. The zero-order valence-corrected chi connectivity index (χ0v) is 12.3. The highest BCUT2D eigenvalue weighted by Gasteiger charge is 2.15. The Hall–Kier alpha value is -2.61. The minimum Gasteiger partial charge on any atom is -0.361 e. The minimum atomic E-state index is -0.120. The molecule has 2 aromatic rings. The first-order valence-electron chi connectivity index (χ1n) is 6.72. The highest BCUT2D eigenvalue weighted by Crippen LogP contribution is 2.16. The molecule has 1 atom stereocenters. The van der Waals surface area contributed by atoms with Gasteiger partial charge in [-0.05, 0) is 38.5 Å². The molecule has 0 spiro atoms. The average Bonchev–Trinajstić information content (AvgIpc) is 2.79. The Morgan fingerprint density at radius 1 is 1.38 bits per heavy atom. The maximum absolute atomic E-state index is 12.1. The van der Waals surface area contributed by atoms with E-state index in [-0.39, 0.29) is 18.4 Å². The van der Waals surface area contributed by atoms with Crippen LogP contribution in [0.25, 0.3) is 0 Å². The monoisotopic (exact) mass is 283 g/mol. The van der Waals surface area contributed by atoms with Gasteiger partial charge in [0.15, 0.2) is 0 Å². The zero-order valence-electron chi connectivity index (χ0n) is 12.3. The van der Waals surface area contributed by atoms with Gasteiger partial charge < -0.3 is 9.84 Å². The van der Waals surface area contributed by atoms with Gasteiger partial charge >= 0.3 is 0 Å². The summed E-state index contributed by atoms with van der Waals surface area (Å²) >= 11 is 0. The number of benzene rings is 1. The van der Waals surface area contributed by atoms with Crippen molar-refractivity contribution in [1.29, 1.82) is 5.26 Å². The van der Waals surface area contributed by atoms with Gasteiger partial charge in [-0.1, -0.05) is 17.3 Å². The number of nitrogens with zero attached hydrogens (tertiary/aromatic N) is 2. The Bertz CT molecular complexity index is 661. The molecule has 1 unspecified atom stereocenters. The largest absolute Gasteiger partial charge is 0.361 e.